The van der Waals surface area contributed by atoms with Gasteiger partial charge in [0.2, 0.25) is 11.4 Å². The number of hydrogen-bond donors (Lipinski definition) is 0. The summed E-state index contributed by atoms with van der Waals surface area (Å²) >= 11 is 8.99. The summed E-state index contributed by atoms with van der Waals surface area (Å²) in [6.07, 6.45) is 1.09. The molecule has 0 aliphatic carbocycles. The number of rotatable bonds is 12. The molecule has 7 heterocycles. The highest BCUT2D eigenvalue weighted by atomic mass is 32.1. The number of carbonyl (C=O) groups excluding carboxylic acids is 1. The first-order chi connectivity index (χ1) is 27.9. The van der Waals surface area contributed by atoms with Gasteiger partial charge in [-0.2, -0.15) is 21.0 Å². The minimum Gasteiger partial charge on any atom is -0.492 e. The second kappa shape index (κ2) is 16.3. The molecule has 11 nitrogen and oxygen atoms in total. The van der Waals surface area contributed by atoms with Crippen LogP contribution in [0.5, 0.6) is 11.5 Å². The molecule has 0 aliphatic heterocycles. The van der Waals surface area contributed by atoms with Crippen molar-refractivity contribution in [3.63, 3.8) is 0 Å². The Bertz CT molecular complexity index is 2880. The topological polar surface area (TPSA) is 170 Å². The number of carbonyl (C=O) groups is 1. The lowest BCUT2D eigenvalue weighted by atomic mass is 10.2. The number of thiophene rings is 6. The van der Waals surface area contributed by atoms with E-state index in [9.17, 15) is 25.8 Å². The first-order valence-electron chi connectivity index (χ1n) is 17.3. The molecular formula is C40H25N7O4S6. The van der Waals surface area contributed by atoms with E-state index >= 15 is 0 Å². The predicted molar refractivity (Wildman–Crippen MR) is 233 cm³/mol. The molecule has 0 atom stereocenters. The lowest BCUT2D eigenvalue weighted by molar-refractivity contribution is 0.143. The summed E-state index contributed by atoms with van der Waals surface area (Å²) < 4.78 is 25.8. The van der Waals surface area contributed by atoms with Gasteiger partial charge in [-0.05, 0) is 30.5 Å². The number of ether oxygens (including phenoxy) is 3. The minimum absolute atomic E-state index is 0.0980. The minimum atomic E-state index is -0.497. The van der Waals surface area contributed by atoms with E-state index in [0.717, 1.165) is 77.1 Å². The lowest BCUT2D eigenvalue weighted by Gasteiger charge is -2.07. The molecule has 0 unspecified atom stereocenters. The fraction of sp³-hybridized carbons (Fsp3) is 0.175. The number of fused-ring (bicyclic) bond motifs is 7. The highest BCUT2D eigenvalue weighted by Crippen LogP contribution is 2.55. The van der Waals surface area contributed by atoms with E-state index in [-0.39, 0.29) is 18.0 Å². The van der Waals surface area contributed by atoms with Gasteiger partial charge < -0.3 is 14.2 Å². The van der Waals surface area contributed by atoms with Crippen molar-refractivity contribution in [2.45, 2.75) is 33.3 Å². The Morgan fingerprint density at radius 1 is 0.649 bits per heavy atom. The van der Waals surface area contributed by atoms with Crippen molar-refractivity contribution in [2.24, 2.45) is 9.98 Å². The average molecular weight is 860 g/mol. The maximum absolute atomic E-state index is 14.4. The van der Waals surface area contributed by atoms with Crippen LogP contribution in [0.25, 0.3) is 58.7 Å². The van der Waals surface area contributed by atoms with Crippen molar-refractivity contribution >= 4 is 135 Å². The molecule has 7 aromatic heterocycles. The van der Waals surface area contributed by atoms with Crippen LogP contribution in [0, 0.1) is 45.3 Å². The highest BCUT2D eigenvalue weighted by molar-refractivity contribution is 7.40. The van der Waals surface area contributed by atoms with Crippen LogP contribution in [0.2, 0.25) is 0 Å². The van der Waals surface area contributed by atoms with E-state index < -0.39 is 6.09 Å². The Kier molecular flexibility index (Phi) is 10.9. The second-order valence-electron chi connectivity index (χ2n) is 12.2. The first kappa shape index (κ1) is 38.0. The summed E-state index contributed by atoms with van der Waals surface area (Å²) in [5, 5.41) is 38.3. The van der Waals surface area contributed by atoms with Gasteiger partial charge in [-0.1, -0.05) is 44.2 Å². The SMILES string of the molecule is CCCOc1cc(N=C(C#N)C#N)sc1-c1cc2sc3c4sc5cc(-c6sc(N=C(C#N)C#N)cc6OCCC)sc5c4n(C(=O)OCc4ccccc4)c3c2s1. The van der Waals surface area contributed by atoms with Gasteiger partial charge in [0.05, 0.1) is 62.6 Å². The maximum atomic E-state index is 14.4. The van der Waals surface area contributed by atoms with E-state index in [2.05, 4.69) is 22.1 Å². The van der Waals surface area contributed by atoms with Gasteiger partial charge in [-0.3, -0.25) is 0 Å². The summed E-state index contributed by atoms with van der Waals surface area (Å²) in [5.74, 6) is 1.24. The summed E-state index contributed by atoms with van der Waals surface area (Å²) in [4.78, 5) is 26.4. The monoisotopic (exact) mass is 859 g/mol. The van der Waals surface area contributed by atoms with Gasteiger partial charge in [0.1, 0.15) is 52.4 Å². The third kappa shape index (κ3) is 7.18. The van der Waals surface area contributed by atoms with Gasteiger partial charge in [0.25, 0.3) is 0 Å². The Hall–Kier alpha value is -5.89. The van der Waals surface area contributed by atoms with Gasteiger partial charge in [-0.15, -0.1) is 68.0 Å². The first-order valence-corrected chi connectivity index (χ1v) is 22.2. The number of hydrogen-bond acceptors (Lipinski definition) is 16. The third-order valence-corrected chi connectivity index (χ3v) is 15.7. The van der Waals surface area contributed by atoms with Gasteiger partial charge in [-0.25, -0.2) is 19.3 Å². The Morgan fingerprint density at radius 2 is 1.12 bits per heavy atom. The van der Waals surface area contributed by atoms with Crippen LogP contribution in [0.1, 0.15) is 32.3 Å². The molecule has 17 heteroatoms. The normalized spacial score (nSPS) is 11.0. The summed E-state index contributed by atoms with van der Waals surface area (Å²) in [7, 11) is 0. The molecule has 0 bridgehead atoms. The average Bonchev–Trinajstić information content (AvgIpc) is 4.09. The fourth-order valence-corrected chi connectivity index (χ4v) is 13.5. The Balaban J connectivity index is 1.30. The van der Waals surface area contributed by atoms with Gasteiger partial charge >= 0.3 is 6.09 Å². The fourth-order valence-electron chi connectivity index (χ4n) is 5.96. The predicted octanol–water partition coefficient (Wildman–Crippen LogP) is 12.8. The van der Waals surface area contributed by atoms with Gasteiger partial charge in [0, 0.05) is 21.5 Å². The van der Waals surface area contributed by atoms with Crippen molar-refractivity contribution in [2.75, 3.05) is 13.2 Å². The molecular weight excluding hydrogens is 835 g/mol. The zero-order valence-electron chi connectivity index (χ0n) is 29.9. The molecule has 57 heavy (non-hydrogen) atoms. The highest BCUT2D eigenvalue weighted by Gasteiger charge is 2.29. The van der Waals surface area contributed by atoms with Crippen LogP contribution in [0.4, 0.5) is 14.8 Å². The number of nitrogens with zero attached hydrogens (tertiary/aromatic N) is 7. The lowest BCUT2D eigenvalue weighted by Crippen LogP contribution is -2.13. The molecule has 0 N–H and O–H groups in total. The zero-order chi connectivity index (χ0) is 39.6. The van der Waals surface area contributed by atoms with Crippen LogP contribution < -0.4 is 9.47 Å². The van der Waals surface area contributed by atoms with E-state index in [4.69, 9.17) is 14.2 Å². The number of aliphatic imine (C=N–C) groups is 2. The molecule has 8 aromatic rings. The van der Waals surface area contributed by atoms with Crippen LogP contribution in [-0.2, 0) is 11.3 Å². The third-order valence-electron chi connectivity index (χ3n) is 8.33. The van der Waals surface area contributed by atoms with Crippen molar-refractivity contribution in [3.8, 4) is 55.3 Å². The summed E-state index contributed by atoms with van der Waals surface area (Å²) in [6.45, 7) is 5.10. The molecule has 280 valence electrons. The number of aromatic nitrogens is 1. The van der Waals surface area contributed by atoms with Gasteiger partial charge in [0.15, 0.2) is 0 Å². The molecule has 0 fully saturated rings. The number of benzene rings is 1. The molecule has 0 aliphatic rings. The standard InChI is InChI=1S/C40H25N7O4S6/c1-3-10-49-24-12-30(45-22(16-41)17-42)56-34(24)26-14-28-36(52-26)32-38(54-28)39-33(47(32)40(48)51-20-21-8-6-5-7-9-21)37-29(55-39)15-27(53-37)35-25(50-11-4-2)13-31(57-35)46-23(18-43)19-44/h5-9,12-15H,3-4,10-11,20H2,1-2H3. The summed E-state index contributed by atoms with van der Waals surface area (Å²) in [6, 6.07) is 24.6. The van der Waals surface area contributed by atoms with E-state index in [1.54, 1.807) is 39.4 Å². The molecule has 0 spiro atoms. The van der Waals surface area contributed by atoms with Crippen LogP contribution in [0.3, 0.4) is 0 Å². The number of nitriles is 4. The molecule has 8 rings (SSSR count). The smallest absolute Gasteiger partial charge is 0.419 e. The molecule has 0 saturated heterocycles. The maximum Gasteiger partial charge on any atom is 0.419 e. The molecule has 1 aromatic carbocycles. The molecule has 0 radical (unpaired) electrons. The Labute approximate surface area is 349 Å². The second-order valence-corrected chi connectivity index (χ2v) is 18.4. The van der Waals surface area contributed by atoms with E-state index in [1.165, 1.54) is 45.3 Å². The van der Waals surface area contributed by atoms with Crippen LogP contribution >= 0.6 is 68.0 Å². The molecule has 0 amide bonds. The van der Waals surface area contributed by atoms with Crippen LogP contribution in [0.15, 0.2) is 64.6 Å². The zero-order valence-corrected chi connectivity index (χ0v) is 34.8. The van der Waals surface area contributed by atoms with E-state index in [0.29, 0.717) is 34.7 Å². The Morgan fingerprint density at radius 3 is 1.56 bits per heavy atom. The van der Waals surface area contributed by atoms with Crippen molar-refractivity contribution in [1.29, 1.82) is 21.0 Å². The van der Waals surface area contributed by atoms with Crippen LogP contribution in [-0.4, -0.2) is 35.3 Å². The summed E-state index contributed by atoms with van der Waals surface area (Å²) in [5.41, 5.74) is 1.93. The van der Waals surface area contributed by atoms with Crippen molar-refractivity contribution in [1.82, 2.24) is 4.57 Å². The van der Waals surface area contributed by atoms with Crippen molar-refractivity contribution < 1.29 is 19.0 Å². The van der Waals surface area contributed by atoms with E-state index in [1.807, 2.05) is 68.5 Å². The largest absolute Gasteiger partial charge is 0.492 e. The quantitative estimate of drug-likeness (QED) is 0.109. The molecule has 0 saturated carbocycles. The van der Waals surface area contributed by atoms with Crippen molar-refractivity contribution in [3.05, 3.63) is 60.2 Å².